The van der Waals surface area contributed by atoms with E-state index in [4.69, 9.17) is 0 Å². The summed E-state index contributed by atoms with van der Waals surface area (Å²) in [7, 11) is 1.63. The van der Waals surface area contributed by atoms with Crippen molar-refractivity contribution in [2.45, 2.75) is 6.54 Å². The van der Waals surface area contributed by atoms with E-state index in [2.05, 4.69) is 4.98 Å². The van der Waals surface area contributed by atoms with Gasteiger partial charge < -0.3 is 15.1 Å². The van der Waals surface area contributed by atoms with Gasteiger partial charge in [-0.1, -0.05) is 6.07 Å². The molecule has 0 unspecified atom stereocenters. The highest BCUT2D eigenvalue weighted by atomic mass is 16.3. The molecule has 0 saturated carbocycles. The van der Waals surface area contributed by atoms with Gasteiger partial charge in [-0.2, -0.15) is 0 Å². The lowest BCUT2D eigenvalue weighted by Gasteiger charge is -2.17. The fourth-order valence-corrected chi connectivity index (χ4v) is 1.71. The van der Waals surface area contributed by atoms with Crippen molar-refractivity contribution < 1.29 is 15.0 Å². The summed E-state index contributed by atoms with van der Waals surface area (Å²) < 4.78 is 0. The number of aromatic nitrogens is 1. The summed E-state index contributed by atoms with van der Waals surface area (Å²) >= 11 is 0. The molecule has 2 rings (SSSR count). The number of pyridine rings is 1. The molecule has 0 radical (unpaired) electrons. The van der Waals surface area contributed by atoms with Gasteiger partial charge in [-0.05, 0) is 24.3 Å². The first kappa shape index (κ1) is 12.9. The summed E-state index contributed by atoms with van der Waals surface area (Å²) in [6.45, 7) is 0.347. The molecule has 19 heavy (non-hydrogen) atoms. The monoisotopic (exact) mass is 258 g/mol. The zero-order chi connectivity index (χ0) is 13.8. The van der Waals surface area contributed by atoms with Gasteiger partial charge in [0.15, 0.2) is 0 Å². The third-order valence-electron chi connectivity index (χ3n) is 2.68. The van der Waals surface area contributed by atoms with E-state index in [9.17, 15) is 15.0 Å². The summed E-state index contributed by atoms with van der Waals surface area (Å²) in [5.41, 5.74) is 0.910. The van der Waals surface area contributed by atoms with Gasteiger partial charge in [0.2, 0.25) is 0 Å². The smallest absolute Gasteiger partial charge is 0.257 e. The van der Waals surface area contributed by atoms with Crippen LogP contribution in [-0.2, 0) is 6.54 Å². The Morgan fingerprint density at radius 2 is 2.05 bits per heavy atom. The lowest BCUT2D eigenvalue weighted by atomic mass is 10.1. The van der Waals surface area contributed by atoms with Crippen LogP contribution >= 0.6 is 0 Å². The minimum Gasteiger partial charge on any atom is -0.508 e. The first-order chi connectivity index (χ1) is 9.08. The summed E-state index contributed by atoms with van der Waals surface area (Å²) in [4.78, 5) is 17.7. The predicted molar refractivity (Wildman–Crippen MR) is 69.8 cm³/mol. The van der Waals surface area contributed by atoms with Crippen LogP contribution in [0.4, 0.5) is 0 Å². The van der Waals surface area contributed by atoms with E-state index in [1.807, 2.05) is 12.1 Å². The number of carbonyl (C=O) groups excluding carboxylic acids is 1. The molecule has 2 N–H and O–H groups in total. The fourth-order valence-electron chi connectivity index (χ4n) is 1.71. The molecule has 0 bridgehead atoms. The van der Waals surface area contributed by atoms with Crippen LogP contribution in [0.5, 0.6) is 11.5 Å². The van der Waals surface area contributed by atoms with Crippen LogP contribution in [0.25, 0.3) is 0 Å². The summed E-state index contributed by atoms with van der Waals surface area (Å²) in [6.07, 6.45) is 1.66. The molecule has 5 nitrogen and oxygen atoms in total. The predicted octanol–water partition coefficient (Wildman–Crippen LogP) is 1.77. The van der Waals surface area contributed by atoms with E-state index in [0.29, 0.717) is 6.54 Å². The highest BCUT2D eigenvalue weighted by Gasteiger charge is 2.16. The van der Waals surface area contributed by atoms with E-state index < -0.39 is 0 Å². The fraction of sp³-hybridized carbons (Fsp3) is 0.143. The van der Waals surface area contributed by atoms with Crippen molar-refractivity contribution in [1.29, 1.82) is 0 Å². The summed E-state index contributed by atoms with van der Waals surface area (Å²) in [5.74, 6) is -0.651. The number of hydrogen-bond donors (Lipinski definition) is 2. The molecule has 0 fully saturated rings. The number of hydrogen-bond acceptors (Lipinski definition) is 4. The number of carbonyl (C=O) groups is 1. The van der Waals surface area contributed by atoms with Crippen LogP contribution < -0.4 is 0 Å². The Bertz CT molecular complexity index is 584. The number of aromatic hydroxyl groups is 2. The molecule has 1 aromatic carbocycles. The quantitative estimate of drug-likeness (QED) is 0.879. The van der Waals surface area contributed by atoms with Crippen molar-refractivity contribution in [1.82, 2.24) is 9.88 Å². The average Bonchev–Trinajstić information content (AvgIpc) is 2.39. The Hall–Kier alpha value is -2.56. The van der Waals surface area contributed by atoms with Crippen molar-refractivity contribution in [3.8, 4) is 11.5 Å². The molecular formula is C14H14N2O3. The van der Waals surface area contributed by atoms with Gasteiger partial charge in [0, 0.05) is 19.3 Å². The van der Waals surface area contributed by atoms with E-state index >= 15 is 0 Å². The van der Waals surface area contributed by atoms with Crippen LogP contribution in [0.2, 0.25) is 0 Å². The minimum atomic E-state index is -0.330. The van der Waals surface area contributed by atoms with Crippen LogP contribution in [0.3, 0.4) is 0 Å². The van der Waals surface area contributed by atoms with E-state index in [0.717, 1.165) is 11.8 Å². The first-order valence-electron chi connectivity index (χ1n) is 5.75. The summed E-state index contributed by atoms with van der Waals surface area (Å²) in [5, 5.41) is 18.9. The zero-order valence-electron chi connectivity index (χ0n) is 10.4. The molecule has 0 aliphatic rings. The van der Waals surface area contributed by atoms with Gasteiger partial charge >= 0.3 is 0 Å². The maximum Gasteiger partial charge on any atom is 0.257 e. The van der Waals surface area contributed by atoms with E-state index in [1.165, 1.54) is 17.0 Å². The number of rotatable bonds is 3. The zero-order valence-corrected chi connectivity index (χ0v) is 10.4. The van der Waals surface area contributed by atoms with Crippen LogP contribution in [0.1, 0.15) is 16.1 Å². The molecule has 98 valence electrons. The molecule has 0 aliphatic heterocycles. The molecule has 5 heteroatoms. The maximum absolute atomic E-state index is 12.1. The normalized spacial score (nSPS) is 10.2. The molecule has 2 aromatic rings. The minimum absolute atomic E-state index is 0.0820. The molecule has 1 amide bonds. The second kappa shape index (κ2) is 5.39. The van der Waals surface area contributed by atoms with E-state index in [-0.39, 0.29) is 23.0 Å². The second-order valence-corrected chi connectivity index (χ2v) is 4.18. The highest BCUT2D eigenvalue weighted by Crippen LogP contribution is 2.23. The van der Waals surface area contributed by atoms with Gasteiger partial charge in [-0.25, -0.2) is 0 Å². The molecule has 0 atom stereocenters. The Balaban J connectivity index is 2.15. The number of phenolic OH excluding ortho intramolecular Hbond substituents is 2. The second-order valence-electron chi connectivity index (χ2n) is 4.18. The van der Waals surface area contributed by atoms with Gasteiger partial charge in [-0.15, -0.1) is 0 Å². The van der Waals surface area contributed by atoms with Gasteiger partial charge in [0.25, 0.3) is 5.91 Å². The van der Waals surface area contributed by atoms with Crippen molar-refractivity contribution in [3.63, 3.8) is 0 Å². The SMILES string of the molecule is CN(Cc1ccccn1)C(=O)c1ccc(O)cc1O. The third kappa shape index (κ3) is 3.01. The Morgan fingerprint density at radius 1 is 1.26 bits per heavy atom. The van der Waals surface area contributed by atoms with Crippen LogP contribution in [-0.4, -0.2) is 33.1 Å². The van der Waals surface area contributed by atoms with Gasteiger partial charge in [-0.3, -0.25) is 9.78 Å². The third-order valence-corrected chi connectivity index (χ3v) is 2.68. The molecule has 0 spiro atoms. The molecule has 1 aromatic heterocycles. The molecule has 1 heterocycles. The summed E-state index contributed by atoms with van der Waals surface area (Å²) in [6, 6.07) is 9.36. The highest BCUT2D eigenvalue weighted by molar-refractivity contribution is 5.96. The van der Waals surface area contributed by atoms with Crippen molar-refractivity contribution >= 4 is 5.91 Å². The molecule has 0 aliphatic carbocycles. The number of phenols is 2. The van der Waals surface area contributed by atoms with Crippen molar-refractivity contribution in [2.75, 3.05) is 7.05 Å². The maximum atomic E-state index is 12.1. The van der Waals surface area contributed by atoms with Gasteiger partial charge in [0.05, 0.1) is 17.8 Å². The number of nitrogens with zero attached hydrogens (tertiary/aromatic N) is 2. The average molecular weight is 258 g/mol. The lowest BCUT2D eigenvalue weighted by Crippen LogP contribution is -2.26. The molecule has 0 saturated heterocycles. The Morgan fingerprint density at radius 3 is 2.68 bits per heavy atom. The Kier molecular flexibility index (Phi) is 3.66. The number of benzene rings is 1. The standard InChI is InChI=1S/C14H14N2O3/c1-16(9-10-4-2-3-7-15-10)14(19)12-6-5-11(17)8-13(12)18/h2-8,17-18H,9H2,1H3. The van der Waals surface area contributed by atoms with Gasteiger partial charge in [0.1, 0.15) is 11.5 Å². The first-order valence-corrected chi connectivity index (χ1v) is 5.75. The Labute approximate surface area is 110 Å². The topological polar surface area (TPSA) is 73.7 Å². The van der Waals surface area contributed by atoms with Crippen LogP contribution in [0, 0.1) is 0 Å². The molecular weight excluding hydrogens is 244 g/mol. The number of amides is 1. The van der Waals surface area contributed by atoms with E-state index in [1.54, 1.807) is 19.3 Å². The van der Waals surface area contributed by atoms with Crippen molar-refractivity contribution in [3.05, 3.63) is 53.9 Å². The lowest BCUT2D eigenvalue weighted by molar-refractivity contribution is 0.0780. The van der Waals surface area contributed by atoms with Crippen molar-refractivity contribution in [2.24, 2.45) is 0 Å². The largest absolute Gasteiger partial charge is 0.508 e. The van der Waals surface area contributed by atoms with Crippen LogP contribution in [0.15, 0.2) is 42.6 Å².